The molecule has 1 aliphatic rings. The van der Waals surface area contributed by atoms with E-state index in [1.165, 1.54) is 0 Å². The summed E-state index contributed by atoms with van der Waals surface area (Å²) in [6, 6.07) is 7.59. The minimum atomic E-state index is -0.179. The van der Waals surface area contributed by atoms with Crippen LogP contribution in [0.4, 0.5) is 0 Å². The number of methoxy groups -OCH3 is 1. The molecule has 1 aromatic heterocycles. The van der Waals surface area contributed by atoms with E-state index in [1.54, 1.807) is 20.1 Å². The van der Waals surface area contributed by atoms with Gasteiger partial charge < -0.3 is 20.1 Å². The first-order valence-corrected chi connectivity index (χ1v) is 9.44. The normalized spacial score (nSPS) is 17.7. The van der Waals surface area contributed by atoms with Crippen LogP contribution in [0.3, 0.4) is 0 Å². The Morgan fingerprint density at radius 1 is 1.43 bits per heavy atom. The maximum Gasteiger partial charge on any atom is 0.249 e. The second kappa shape index (κ2) is 8.58. The number of morpholine rings is 1. The second-order valence-corrected chi connectivity index (χ2v) is 6.91. The molecule has 0 bridgehead atoms. The molecule has 0 radical (unpaired) electrons. The van der Waals surface area contributed by atoms with Gasteiger partial charge in [-0.15, -0.1) is 0 Å². The van der Waals surface area contributed by atoms with Crippen LogP contribution >= 0.6 is 0 Å². The molecule has 3 rings (SSSR count). The first-order chi connectivity index (χ1) is 13.5. The number of nitrogens with zero attached hydrogens (tertiary/aromatic N) is 3. The molecule has 1 atom stereocenters. The van der Waals surface area contributed by atoms with Crippen molar-refractivity contribution in [2.24, 2.45) is 5.73 Å². The molecule has 0 spiro atoms. The van der Waals surface area contributed by atoms with Gasteiger partial charge in [-0.2, -0.15) is 5.10 Å². The summed E-state index contributed by atoms with van der Waals surface area (Å²) in [5, 5.41) is 4.74. The van der Waals surface area contributed by atoms with E-state index in [0.717, 1.165) is 28.4 Å². The maximum absolute atomic E-state index is 13.0. The summed E-state index contributed by atoms with van der Waals surface area (Å²) in [5.41, 5.74) is 10.1. The van der Waals surface area contributed by atoms with Crippen molar-refractivity contribution in [1.82, 2.24) is 14.7 Å². The van der Waals surface area contributed by atoms with Crippen molar-refractivity contribution in [2.75, 3.05) is 33.4 Å². The third-order valence-electron chi connectivity index (χ3n) is 5.13. The SMILES string of the molecule is COc1cccc(-n2nc(C)c(C3COCCN3C(=O)/C(C)=C/CN)c2C)c1. The Morgan fingerprint density at radius 3 is 2.93 bits per heavy atom. The van der Waals surface area contributed by atoms with Gasteiger partial charge in [0.2, 0.25) is 5.91 Å². The van der Waals surface area contributed by atoms with Crippen LogP contribution in [0.2, 0.25) is 0 Å². The van der Waals surface area contributed by atoms with E-state index in [1.807, 2.05) is 47.7 Å². The van der Waals surface area contributed by atoms with Crippen LogP contribution in [-0.2, 0) is 9.53 Å². The highest BCUT2D eigenvalue weighted by atomic mass is 16.5. The van der Waals surface area contributed by atoms with Gasteiger partial charge in [0.1, 0.15) is 5.75 Å². The van der Waals surface area contributed by atoms with Gasteiger partial charge in [-0.3, -0.25) is 4.79 Å². The molecule has 1 aromatic carbocycles. The number of aromatic nitrogens is 2. The van der Waals surface area contributed by atoms with Crippen LogP contribution < -0.4 is 10.5 Å². The molecule has 1 saturated heterocycles. The standard InChI is InChI=1S/C21H28N4O3/c1-14(8-9-22)21(26)24-10-11-28-13-19(24)20-15(2)23-25(16(20)3)17-6-5-7-18(12-17)27-4/h5-8,12,19H,9-11,13,22H2,1-4H3/b14-8+. The number of carbonyl (C=O) groups is 1. The molecular formula is C21H28N4O3. The Labute approximate surface area is 165 Å². The van der Waals surface area contributed by atoms with Crippen LogP contribution in [0.25, 0.3) is 5.69 Å². The van der Waals surface area contributed by atoms with E-state index in [0.29, 0.717) is 31.9 Å². The number of aryl methyl sites for hydroxylation is 1. The zero-order chi connectivity index (χ0) is 20.3. The topological polar surface area (TPSA) is 82.6 Å². The molecule has 2 heterocycles. The first-order valence-electron chi connectivity index (χ1n) is 9.44. The summed E-state index contributed by atoms with van der Waals surface area (Å²) in [5.74, 6) is 0.763. The summed E-state index contributed by atoms with van der Waals surface area (Å²) in [6.07, 6.45) is 1.76. The molecule has 0 saturated carbocycles. The number of hydrogen-bond donors (Lipinski definition) is 1. The minimum absolute atomic E-state index is 0.00770. The maximum atomic E-state index is 13.0. The number of hydrogen-bond acceptors (Lipinski definition) is 5. The Balaban J connectivity index is 2.01. The zero-order valence-electron chi connectivity index (χ0n) is 16.9. The van der Waals surface area contributed by atoms with Gasteiger partial charge in [0.05, 0.1) is 37.7 Å². The third kappa shape index (κ3) is 3.81. The van der Waals surface area contributed by atoms with Crippen molar-refractivity contribution >= 4 is 5.91 Å². The predicted octanol–water partition coefficient (Wildman–Crippen LogP) is 2.30. The summed E-state index contributed by atoms with van der Waals surface area (Å²) in [6.45, 7) is 7.67. The fraction of sp³-hybridized carbons (Fsp3) is 0.429. The fourth-order valence-corrected chi connectivity index (χ4v) is 3.71. The Morgan fingerprint density at radius 2 is 2.21 bits per heavy atom. The van der Waals surface area contributed by atoms with Crippen LogP contribution in [0.15, 0.2) is 35.9 Å². The largest absolute Gasteiger partial charge is 0.497 e. The van der Waals surface area contributed by atoms with Crippen molar-refractivity contribution in [2.45, 2.75) is 26.8 Å². The van der Waals surface area contributed by atoms with E-state index >= 15 is 0 Å². The highest BCUT2D eigenvalue weighted by Gasteiger charge is 2.33. The average Bonchev–Trinajstić information content (AvgIpc) is 3.01. The lowest BCUT2D eigenvalue weighted by Crippen LogP contribution is -2.44. The van der Waals surface area contributed by atoms with E-state index in [9.17, 15) is 4.79 Å². The molecule has 1 unspecified atom stereocenters. The van der Waals surface area contributed by atoms with E-state index < -0.39 is 0 Å². The predicted molar refractivity (Wildman–Crippen MR) is 108 cm³/mol. The van der Waals surface area contributed by atoms with Gasteiger partial charge in [0.25, 0.3) is 0 Å². The average molecular weight is 384 g/mol. The quantitative estimate of drug-likeness (QED) is 0.800. The molecule has 1 aliphatic heterocycles. The number of benzene rings is 1. The van der Waals surface area contributed by atoms with Crippen LogP contribution in [0.1, 0.15) is 29.9 Å². The van der Waals surface area contributed by atoms with Crippen molar-refractivity contribution in [3.8, 4) is 11.4 Å². The van der Waals surface area contributed by atoms with Gasteiger partial charge in [-0.25, -0.2) is 4.68 Å². The first kappa shape index (κ1) is 20.1. The molecule has 7 heteroatoms. The molecule has 150 valence electrons. The summed E-state index contributed by atoms with van der Waals surface area (Å²) in [7, 11) is 1.64. The molecule has 0 aliphatic carbocycles. The monoisotopic (exact) mass is 384 g/mol. The van der Waals surface area contributed by atoms with E-state index in [2.05, 4.69) is 0 Å². The van der Waals surface area contributed by atoms with Crippen LogP contribution in [0.5, 0.6) is 5.75 Å². The Bertz CT molecular complexity index is 888. The van der Waals surface area contributed by atoms with Gasteiger partial charge in [0, 0.05) is 36.0 Å². The van der Waals surface area contributed by atoms with Crippen molar-refractivity contribution < 1.29 is 14.3 Å². The molecule has 28 heavy (non-hydrogen) atoms. The van der Waals surface area contributed by atoms with E-state index in [-0.39, 0.29) is 11.9 Å². The molecular weight excluding hydrogens is 356 g/mol. The van der Waals surface area contributed by atoms with Crippen LogP contribution in [-0.4, -0.2) is 54.0 Å². The summed E-state index contributed by atoms with van der Waals surface area (Å²) >= 11 is 0. The van der Waals surface area contributed by atoms with Crippen molar-refractivity contribution in [3.05, 3.63) is 52.9 Å². The molecule has 2 aromatic rings. The van der Waals surface area contributed by atoms with Gasteiger partial charge in [-0.1, -0.05) is 12.1 Å². The third-order valence-corrected chi connectivity index (χ3v) is 5.13. The Hall–Kier alpha value is -2.64. The number of ether oxygens (including phenoxy) is 2. The number of rotatable bonds is 5. The van der Waals surface area contributed by atoms with E-state index in [4.69, 9.17) is 20.3 Å². The minimum Gasteiger partial charge on any atom is -0.497 e. The van der Waals surface area contributed by atoms with Crippen molar-refractivity contribution in [1.29, 1.82) is 0 Å². The highest BCUT2D eigenvalue weighted by molar-refractivity contribution is 5.93. The van der Waals surface area contributed by atoms with Gasteiger partial charge in [-0.05, 0) is 32.9 Å². The lowest BCUT2D eigenvalue weighted by molar-refractivity contribution is -0.136. The highest BCUT2D eigenvalue weighted by Crippen LogP contribution is 2.32. The second-order valence-electron chi connectivity index (χ2n) is 6.91. The number of amides is 1. The molecule has 7 nitrogen and oxygen atoms in total. The smallest absolute Gasteiger partial charge is 0.249 e. The molecule has 2 N–H and O–H groups in total. The number of carbonyl (C=O) groups excluding carboxylic acids is 1. The summed E-state index contributed by atoms with van der Waals surface area (Å²) in [4.78, 5) is 14.8. The van der Waals surface area contributed by atoms with Crippen LogP contribution in [0, 0.1) is 13.8 Å². The lowest BCUT2D eigenvalue weighted by Gasteiger charge is -2.36. The fourth-order valence-electron chi connectivity index (χ4n) is 3.71. The summed E-state index contributed by atoms with van der Waals surface area (Å²) < 4.78 is 13.0. The van der Waals surface area contributed by atoms with Gasteiger partial charge in [0.15, 0.2) is 0 Å². The Kier molecular flexibility index (Phi) is 6.16. The lowest BCUT2D eigenvalue weighted by atomic mass is 10.0. The molecule has 1 amide bonds. The zero-order valence-corrected chi connectivity index (χ0v) is 16.9. The van der Waals surface area contributed by atoms with Gasteiger partial charge >= 0.3 is 0 Å². The number of nitrogens with two attached hydrogens (primary N) is 1. The molecule has 1 fully saturated rings. The van der Waals surface area contributed by atoms with Crippen molar-refractivity contribution in [3.63, 3.8) is 0 Å².